The van der Waals surface area contributed by atoms with E-state index in [9.17, 15) is 5.11 Å². The highest BCUT2D eigenvalue weighted by atomic mass is 16.5. The van der Waals surface area contributed by atoms with Crippen LogP contribution in [-0.2, 0) is 0 Å². The second kappa shape index (κ2) is 6.21. The molecule has 0 bridgehead atoms. The van der Waals surface area contributed by atoms with Crippen LogP contribution < -0.4 is 4.74 Å². The SMILES string of the molecule is C[C@@H](O)c1ccc2ccccc2c1OCCCC#N. The average molecular weight is 255 g/mol. The van der Waals surface area contributed by atoms with Gasteiger partial charge in [0.1, 0.15) is 5.75 Å². The fraction of sp³-hybridized carbons (Fsp3) is 0.312. The molecule has 0 aliphatic heterocycles. The first-order valence-corrected chi connectivity index (χ1v) is 6.43. The van der Waals surface area contributed by atoms with E-state index in [1.165, 1.54) is 0 Å². The molecule has 0 amide bonds. The highest BCUT2D eigenvalue weighted by molar-refractivity contribution is 5.89. The van der Waals surface area contributed by atoms with Gasteiger partial charge in [-0.2, -0.15) is 5.26 Å². The van der Waals surface area contributed by atoms with E-state index in [1.54, 1.807) is 6.92 Å². The van der Waals surface area contributed by atoms with Crippen molar-refractivity contribution in [3.63, 3.8) is 0 Å². The van der Waals surface area contributed by atoms with Crippen LogP contribution in [-0.4, -0.2) is 11.7 Å². The highest BCUT2D eigenvalue weighted by Crippen LogP contribution is 2.33. The molecule has 3 heteroatoms. The molecule has 0 heterocycles. The summed E-state index contributed by atoms with van der Waals surface area (Å²) < 4.78 is 5.80. The van der Waals surface area contributed by atoms with Gasteiger partial charge < -0.3 is 9.84 Å². The van der Waals surface area contributed by atoms with Crippen molar-refractivity contribution >= 4 is 10.8 Å². The summed E-state index contributed by atoms with van der Waals surface area (Å²) in [5.41, 5.74) is 0.788. The zero-order chi connectivity index (χ0) is 13.7. The van der Waals surface area contributed by atoms with Crippen molar-refractivity contribution < 1.29 is 9.84 Å². The average Bonchev–Trinajstić information content (AvgIpc) is 2.43. The molecule has 19 heavy (non-hydrogen) atoms. The second-order valence-electron chi connectivity index (χ2n) is 4.49. The molecule has 0 fully saturated rings. The lowest BCUT2D eigenvalue weighted by Gasteiger charge is -2.15. The Morgan fingerprint density at radius 1 is 1.26 bits per heavy atom. The Morgan fingerprint density at radius 2 is 2.05 bits per heavy atom. The summed E-state index contributed by atoms with van der Waals surface area (Å²) in [6.07, 6.45) is 0.601. The van der Waals surface area contributed by atoms with E-state index >= 15 is 0 Å². The molecule has 2 rings (SSSR count). The minimum absolute atomic E-state index is 0.481. The summed E-state index contributed by atoms with van der Waals surface area (Å²) >= 11 is 0. The van der Waals surface area contributed by atoms with Crippen LogP contribution in [0.15, 0.2) is 36.4 Å². The van der Waals surface area contributed by atoms with Crippen molar-refractivity contribution in [3.8, 4) is 11.8 Å². The van der Waals surface area contributed by atoms with Gasteiger partial charge in [-0.25, -0.2) is 0 Å². The van der Waals surface area contributed by atoms with Gasteiger partial charge >= 0.3 is 0 Å². The number of nitrogens with zero attached hydrogens (tertiary/aromatic N) is 1. The number of hydrogen-bond donors (Lipinski definition) is 1. The zero-order valence-electron chi connectivity index (χ0n) is 11.0. The highest BCUT2D eigenvalue weighted by Gasteiger charge is 2.12. The van der Waals surface area contributed by atoms with Gasteiger partial charge in [-0.1, -0.05) is 36.4 Å². The third-order valence-electron chi connectivity index (χ3n) is 3.04. The van der Waals surface area contributed by atoms with Gasteiger partial charge in [0.25, 0.3) is 0 Å². The maximum Gasteiger partial charge on any atom is 0.132 e. The number of aliphatic hydroxyl groups excluding tert-OH is 1. The van der Waals surface area contributed by atoms with Crippen molar-refractivity contribution in [1.29, 1.82) is 5.26 Å². The Labute approximate surface area is 113 Å². The molecule has 0 aliphatic carbocycles. The number of benzene rings is 2. The molecule has 0 saturated carbocycles. The topological polar surface area (TPSA) is 53.2 Å². The first-order chi connectivity index (χ1) is 9.24. The predicted octanol–water partition coefficient (Wildman–Crippen LogP) is 3.58. The lowest BCUT2D eigenvalue weighted by Crippen LogP contribution is -2.03. The molecule has 1 N–H and O–H groups in total. The molecule has 0 radical (unpaired) electrons. The van der Waals surface area contributed by atoms with Crippen molar-refractivity contribution in [1.82, 2.24) is 0 Å². The molecule has 0 spiro atoms. The van der Waals surface area contributed by atoms with Gasteiger partial charge in [0.05, 0.1) is 18.8 Å². The summed E-state index contributed by atoms with van der Waals surface area (Å²) in [6.45, 7) is 2.22. The van der Waals surface area contributed by atoms with Crippen LogP contribution in [0.25, 0.3) is 10.8 Å². The molecular formula is C16H17NO2. The Bertz CT molecular complexity index is 599. The van der Waals surface area contributed by atoms with Crippen molar-refractivity contribution in [2.24, 2.45) is 0 Å². The smallest absolute Gasteiger partial charge is 0.132 e. The summed E-state index contributed by atoms with van der Waals surface area (Å²) in [5.74, 6) is 0.728. The fourth-order valence-electron chi connectivity index (χ4n) is 2.08. The molecular weight excluding hydrogens is 238 g/mol. The van der Waals surface area contributed by atoms with E-state index in [4.69, 9.17) is 10.00 Å². The summed E-state index contributed by atoms with van der Waals surface area (Å²) in [7, 11) is 0. The second-order valence-corrected chi connectivity index (χ2v) is 4.49. The van der Waals surface area contributed by atoms with Crippen molar-refractivity contribution in [3.05, 3.63) is 42.0 Å². The molecule has 0 aromatic heterocycles. The molecule has 3 nitrogen and oxygen atoms in total. The van der Waals surface area contributed by atoms with Crippen LogP contribution in [0.5, 0.6) is 5.75 Å². The van der Waals surface area contributed by atoms with E-state index in [1.807, 2.05) is 36.4 Å². The number of nitriles is 1. The Morgan fingerprint density at radius 3 is 2.79 bits per heavy atom. The molecule has 1 atom stereocenters. The molecule has 0 saturated heterocycles. The third-order valence-corrected chi connectivity index (χ3v) is 3.04. The molecule has 2 aromatic rings. The molecule has 2 aromatic carbocycles. The lowest BCUT2D eigenvalue weighted by atomic mass is 10.0. The van der Waals surface area contributed by atoms with E-state index in [0.29, 0.717) is 19.4 Å². The monoisotopic (exact) mass is 255 g/mol. The Hall–Kier alpha value is -2.05. The third kappa shape index (κ3) is 3.04. The van der Waals surface area contributed by atoms with E-state index in [-0.39, 0.29) is 0 Å². The zero-order valence-corrected chi connectivity index (χ0v) is 11.0. The van der Waals surface area contributed by atoms with E-state index < -0.39 is 6.10 Å². The number of aliphatic hydroxyl groups is 1. The molecule has 0 aliphatic rings. The van der Waals surface area contributed by atoms with Crippen LogP contribution in [0, 0.1) is 11.3 Å². The predicted molar refractivity (Wildman–Crippen MR) is 74.9 cm³/mol. The number of hydrogen-bond acceptors (Lipinski definition) is 3. The number of fused-ring (bicyclic) bond motifs is 1. The Balaban J connectivity index is 2.36. The van der Waals surface area contributed by atoms with Crippen LogP contribution in [0.4, 0.5) is 0 Å². The first-order valence-electron chi connectivity index (χ1n) is 6.43. The largest absolute Gasteiger partial charge is 0.493 e. The first kappa shape index (κ1) is 13.4. The number of rotatable bonds is 5. The quantitative estimate of drug-likeness (QED) is 0.831. The minimum atomic E-state index is -0.574. The summed E-state index contributed by atoms with van der Waals surface area (Å²) in [6, 6.07) is 13.9. The maximum absolute atomic E-state index is 9.83. The van der Waals surface area contributed by atoms with Gasteiger partial charge in [0, 0.05) is 17.4 Å². The van der Waals surface area contributed by atoms with Gasteiger partial charge in [0.15, 0.2) is 0 Å². The van der Waals surface area contributed by atoms with Crippen molar-refractivity contribution in [2.75, 3.05) is 6.61 Å². The van der Waals surface area contributed by atoms with Gasteiger partial charge in [0.2, 0.25) is 0 Å². The standard InChI is InChI=1S/C16H17NO2/c1-12(18)14-9-8-13-6-2-3-7-15(13)16(14)19-11-5-4-10-17/h2-3,6-9,12,18H,4-5,11H2,1H3/t12-/m1/s1. The number of ether oxygens (including phenoxy) is 1. The minimum Gasteiger partial charge on any atom is -0.493 e. The summed E-state index contributed by atoms with van der Waals surface area (Å²) in [4.78, 5) is 0. The van der Waals surface area contributed by atoms with Crippen LogP contribution in [0.1, 0.15) is 31.4 Å². The van der Waals surface area contributed by atoms with Crippen molar-refractivity contribution in [2.45, 2.75) is 25.9 Å². The molecule has 0 unspecified atom stereocenters. The van der Waals surface area contributed by atoms with E-state index in [0.717, 1.165) is 22.1 Å². The Kier molecular flexibility index (Phi) is 4.38. The maximum atomic E-state index is 9.83. The van der Waals surface area contributed by atoms with Gasteiger partial charge in [-0.15, -0.1) is 0 Å². The van der Waals surface area contributed by atoms with Crippen LogP contribution in [0.3, 0.4) is 0 Å². The number of unbranched alkanes of at least 4 members (excludes halogenated alkanes) is 1. The lowest BCUT2D eigenvalue weighted by molar-refractivity contribution is 0.191. The van der Waals surface area contributed by atoms with Gasteiger partial charge in [-0.3, -0.25) is 0 Å². The summed E-state index contributed by atoms with van der Waals surface area (Å²) in [5, 5.41) is 20.5. The fourth-order valence-corrected chi connectivity index (χ4v) is 2.08. The normalized spacial score (nSPS) is 12.1. The van der Waals surface area contributed by atoms with Crippen LogP contribution >= 0.6 is 0 Å². The molecule has 98 valence electrons. The van der Waals surface area contributed by atoms with E-state index in [2.05, 4.69) is 6.07 Å². The van der Waals surface area contributed by atoms with Gasteiger partial charge in [-0.05, 0) is 18.7 Å². The van der Waals surface area contributed by atoms with Crippen LogP contribution in [0.2, 0.25) is 0 Å².